The number of nitrogens with zero attached hydrogens (tertiary/aromatic N) is 3. The molecule has 0 unspecified atom stereocenters. The van der Waals surface area contributed by atoms with Crippen LogP contribution in [0.1, 0.15) is 27.0 Å². The Morgan fingerprint density at radius 1 is 0.923 bits per heavy atom. The van der Waals surface area contributed by atoms with Crippen molar-refractivity contribution in [3.05, 3.63) is 119 Å². The first kappa shape index (κ1) is 26.2. The van der Waals surface area contributed by atoms with Crippen LogP contribution in [0.15, 0.2) is 101 Å². The molecule has 1 amide bonds. The monoisotopic (exact) mass is 552 g/mol. The molecule has 0 saturated heterocycles. The molecule has 0 radical (unpaired) electrons. The van der Waals surface area contributed by atoms with Crippen LogP contribution < -0.4 is 5.32 Å². The molecule has 5 aromatic rings. The van der Waals surface area contributed by atoms with Crippen LogP contribution in [0.3, 0.4) is 0 Å². The van der Waals surface area contributed by atoms with E-state index >= 15 is 0 Å². The van der Waals surface area contributed by atoms with Gasteiger partial charge in [0.05, 0.1) is 17.5 Å². The highest BCUT2D eigenvalue weighted by Crippen LogP contribution is 2.31. The van der Waals surface area contributed by atoms with Crippen molar-refractivity contribution in [1.29, 1.82) is 0 Å². The molecule has 39 heavy (non-hydrogen) atoms. The quantitative estimate of drug-likeness (QED) is 0.167. The van der Waals surface area contributed by atoms with Gasteiger partial charge in [0.1, 0.15) is 5.82 Å². The van der Waals surface area contributed by atoms with Gasteiger partial charge in [0.15, 0.2) is 10.9 Å². The number of benzene rings is 3. The average Bonchev–Trinajstić information content (AvgIpc) is 3.61. The number of thioether (sulfide) groups is 1. The van der Waals surface area contributed by atoms with Crippen LogP contribution in [-0.2, 0) is 18.5 Å². The lowest BCUT2D eigenvalue weighted by Gasteiger charge is -2.10. The van der Waals surface area contributed by atoms with Crippen LogP contribution in [0.25, 0.3) is 17.3 Å². The summed E-state index contributed by atoms with van der Waals surface area (Å²) in [4.78, 5) is 12.5. The summed E-state index contributed by atoms with van der Waals surface area (Å²) in [6, 6.07) is 21.2. The van der Waals surface area contributed by atoms with Crippen LogP contribution >= 0.6 is 11.8 Å². The molecule has 0 aliphatic rings. The number of amides is 1. The van der Waals surface area contributed by atoms with Crippen molar-refractivity contribution >= 4 is 17.7 Å². The summed E-state index contributed by atoms with van der Waals surface area (Å²) in [5.41, 5.74) is 1.55. The normalized spacial score (nSPS) is 11.5. The Balaban J connectivity index is 1.25. The first-order valence-electron chi connectivity index (χ1n) is 11.7. The van der Waals surface area contributed by atoms with Crippen LogP contribution in [0.4, 0.5) is 17.6 Å². The molecule has 3 aromatic carbocycles. The Kier molecular flexibility index (Phi) is 7.51. The molecule has 1 N–H and O–H groups in total. The number of carbonyl (C=O) groups excluding carboxylic acids is 1. The van der Waals surface area contributed by atoms with E-state index in [0.29, 0.717) is 39.3 Å². The standard InChI is InChI=1S/C28H20F4N4O2S/c29-22-10-12-23(13-11-22)36-25(24-5-2-14-38-24)34-35-27(36)39-17-18-6-8-20(9-7-18)26(37)33-16-19-3-1-4-21(15-19)28(30,31)32/h1-15H,16-17H2,(H,33,37). The van der Waals surface area contributed by atoms with Crippen molar-refractivity contribution in [2.45, 2.75) is 23.6 Å². The van der Waals surface area contributed by atoms with Gasteiger partial charge in [0.25, 0.3) is 5.91 Å². The minimum absolute atomic E-state index is 0.0304. The summed E-state index contributed by atoms with van der Waals surface area (Å²) in [5, 5.41) is 11.8. The lowest BCUT2D eigenvalue weighted by Crippen LogP contribution is -2.23. The van der Waals surface area contributed by atoms with Crippen molar-refractivity contribution < 1.29 is 26.8 Å². The van der Waals surface area contributed by atoms with E-state index in [1.807, 2.05) is 0 Å². The van der Waals surface area contributed by atoms with Gasteiger partial charge in [-0.3, -0.25) is 9.36 Å². The number of nitrogens with one attached hydrogen (secondary N) is 1. The number of hydrogen-bond donors (Lipinski definition) is 1. The Morgan fingerprint density at radius 3 is 2.38 bits per heavy atom. The molecule has 0 atom stereocenters. The smallest absolute Gasteiger partial charge is 0.416 e. The van der Waals surface area contributed by atoms with Gasteiger partial charge < -0.3 is 9.73 Å². The third-order valence-electron chi connectivity index (χ3n) is 5.75. The fourth-order valence-electron chi connectivity index (χ4n) is 3.79. The Labute approximate surface area is 224 Å². The number of furan rings is 1. The fraction of sp³-hybridized carbons (Fsp3) is 0.107. The predicted octanol–water partition coefficient (Wildman–Crippen LogP) is 6.91. The average molecular weight is 553 g/mol. The Morgan fingerprint density at radius 2 is 1.69 bits per heavy atom. The summed E-state index contributed by atoms with van der Waals surface area (Å²) in [6.45, 7) is -0.0304. The molecule has 0 fully saturated rings. The van der Waals surface area contributed by atoms with Gasteiger partial charge in [-0.2, -0.15) is 13.2 Å². The number of hydrogen-bond acceptors (Lipinski definition) is 5. The van der Waals surface area contributed by atoms with Crippen molar-refractivity contribution in [2.24, 2.45) is 0 Å². The summed E-state index contributed by atoms with van der Waals surface area (Å²) in [6.07, 6.45) is -2.91. The summed E-state index contributed by atoms with van der Waals surface area (Å²) < 4.78 is 59.5. The second-order valence-corrected chi connectivity index (χ2v) is 9.40. The van der Waals surface area contributed by atoms with E-state index in [9.17, 15) is 22.4 Å². The molecule has 0 aliphatic carbocycles. The van der Waals surface area contributed by atoms with E-state index in [1.165, 1.54) is 42.3 Å². The van der Waals surface area contributed by atoms with Gasteiger partial charge in [-0.05, 0) is 71.8 Å². The topological polar surface area (TPSA) is 73.0 Å². The van der Waals surface area contributed by atoms with Gasteiger partial charge in [-0.15, -0.1) is 10.2 Å². The molecule has 0 spiro atoms. The van der Waals surface area contributed by atoms with Gasteiger partial charge in [-0.25, -0.2) is 4.39 Å². The number of halogens is 4. The fourth-order valence-corrected chi connectivity index (χ4v) is 4.70. The maximum atomic E-state index is 13.5. The SMILES string of the molecule is O=C(NCc1cccc(C(F)(F)F)c1)c1ccc(CSc2nnc(-c3ccco3)n2-c2ccc(F)cc2)cc1. The van der Waals surface area contributed by atoms with Gasteiger partial charge in [-0.1, -0.05) is 36.0 Å². The summed E-state index contributed by atoms with van der Waals surface area (Å²) >= 11 is 1.40. The molecular formula is C28H20F4N4O2S. The van der Waals surface area contributed by atoms with E-state index in [4.69, 9.17) is 4.42 Å². The van der Waals surface area contributed by atoms with Crippen LogP contribution in [0.2, 0.25) is 0 Å². The highest BCUT2D eigenvalue weighted by Gasteiger charge is 2.30. The zero-order chi connectivity index (χ0) is 27.4. The van der Waals surface area contributed by atoms with E-state index < -0.39 is 17.6 Å². The molecule has 198 valence electrons. The van der Waals surface area contributed by atoms with Crippen LogP contribution in [-0.4, -0.2) is 20.7 Å². The highest BCUT2D eigenvalue weighted by molar-refractivity contribution is 7.98. The first-order valence-corrected chi connectivity index (χ1v) is 12.7. The molecule has 11 heteroatoms. The molecule has 2 heterocycles. The molecule has 2 aromatic heterocycles. The molecule has 6 nitrogen and oxygen atoms in total. The van der Waals surface area contributed by atoms with Crippen LogP contribution in [0, 0.1) is 5.82 Å². The van der Waals surface area contributed by atoms with Crippen molar-refractivity contribution in [3.8, 4) is 17.3 Å². The maximum absolute atomic E-state index is 13.5. The van der Waals surface area contributed by atoms with E-state index in [-0.39, 0.29) is 12.4 Å². The molecule has 0 bridgehead atoms. The zero-order valence-electron chi connectivity index (χ0n) is 20.2. The summed E-state index contributed by atoms with van der Waals surface area (Å²) in [7, 11) is 0. The third kappa shape index (κ3) is 6.20. The largest absolute Gasteiger partial charge is 0.461 e. The lowest BCUT2D eigenvalue weighted by atomic mass is 10.1. The zero-order valence-corrected chi connectivity index (χ0v) is 21.0. The van der Waals surface area contributed by atoms with Crippen molar-refractivity contribution in [1.82, 2.24) is 20.1 Å². The van der Waals surface area contributed by atoms with Crippen molar-refractivity contribution in [3.63, 3.8) is 0 Å². The molecule has 0 saturated carbocycles. The number of rotatable bonds is 8. The minimum atomic E-state index is -4.44. The Hall–Kier alpha value is -4.38. The number of carbonyl (C=O) groups is 1. The van der Waals surface area contributed by atoms with Crippen LogP contribution in [0.5, 0.6) is 0 Å². The molecule has 5 rings (SSSR count). The van der Waals surface area contributed by atoms with Gasteiger partial charge >= 0.3 is 6.18 Å². The van der Waals surface area contributed by atoms with Gasteiger partial charge in [0, 0.05) is 17.9 Å². The summed E-state index contributed by atoms with van der Waals surface area (Å²) in [5.74, 6) is 0.732. The first-order chi connectivity index (χ1) is 18.8. The van der Waals surface area contributed by atoms with E-state index in [1.54, 1.807) is 53.1 Å². The lowest BCUT2D eigenvalue weighted by molar-refractivity contribution is -0.137. The highest BCUT2D eigenvalue weighted by atomic mass is 32.2. The predicted molar refractivity (Wildman–Crippen MR) is 138 cm³/mol. The second kappa shape index (κ2) is 11.2. The van der Waals surface area contributed by atoms with Crippen molar-refractivity contribution in [2.75, 3.05) is 0 Å². The third-order valence-corrected chi connectivity index (χ3v) is 6.75. The maximum Gasteiger partial charge on any atom is 0.416 e. The molecule has 0 aliphatic heterocycles. The second-order valence-electron chi connectivity index (χ2n) is 8.46. The van der Waals surface area contributed by atoms with Gasteiger partial charge in [0.2, 0.25) is 5.82 Å². The Bertz CT molecular complexity index is 1560. The molecular weight excluding hydrogens is 532 g/mol. The number of aromatic nitrogens is 3. The van der Waals surface area contributed by atoms with E-state index in [0.717, 1.165) is 17.7 Å². The van der Waals surface area contributed by atoms with E-state index in [2.05, 4.69) is 15.5 Å². The minimum Gasteiger partial charge on any atom is -0.461 e. The number of alkyl halides is 3.